The van der Waals surface area contributed by atoms with E-state index in [2.05, 4.69) is 25.5 Å². The van der Waals surface area contributed by atoms with E-state index in [-0.39, 0.29) is 5.41 Å². The molecule has 1 aromatic carbocycles. The van der Waals surface area contributed by atoms with Gasteiger partial charge in [0, 0.05) is 12.2 Å². The Hall–Kier alpha value is -1.07. The fraction of sp³-hybridized carbons (Fsp3) is 0.600. The lowest BCUT2D eigenvalue weighted by Crippen LogP contribution is -2.29. The molecule has 0 bridgehead atoms. The van der Waals surface area contributed by atoms with Crippen molar-refractivity contribution >= 4 is 15.7 Å². The summed E-state index contributed by atoms with van der Waals surface area (Å²) >= 11 is 0. The Kier molecular flexibility index (Phi) is 4.87. The maximum absolute atomic E-state index is 12.5. The standard InChI is InChI=1S/C15H26N2O2S/c1-10-9-11(2)14(12(3)13(10)16)20(18,19)17-8-7-15(4,5)6/h9,17H,7-8,16H2,1-6H3. The number of anilines is 1. The molecule has 4 nitrogen and oxygen atoms in total. The van der Waals surface area contributed by atoms with E-state index in [1.54, 1.807) is 13.8 Å². The van der Waals surface area contributed by atoms with Crippen LogP contribution in [0.25, 0.3) is 0 Å². The Bertz CT molecular complexity index is 599. The number of hydrogen-bond acceptors (Lipinski definition) is 3. The predicted molar refractivity (Wildman–Crippen MR) is 84.3 cm³/mol. The van der Waals surface area contributed by atoms with E-state index in [0.717, 1.165) is 17.5 Å². The van der Waals surface area contributed by atoms with Gasteiger partial charge in [-0.15, -0.1) is 0 Å². The van der Waals surface area contributed by atoms with E-state index in [0.29, 0.717) is 22.7 Å². The van der Waals surface area contributed by atoms with Crippen LogP contribution in [0.2, 0.25) is 0 Å². The molecule has 0 heterocycles. The molecule has 3 N–H and O–H groups in total. The second-order valence-corrected chi connectivity index (χ2v) is 8.29. The fourth-order valence-corrected chi connectivity index (χ4v) is 3.74. The van der Waals surface area contributed by atoms with Gasteiger partial charge < -0.3 is 5.73 Å². The van der Waals surface area contributed by atoms with Crippen LogP contribution in [0.1, 0.15) is 43.9 Å². The first kappa shape index (κ1) is 17.0. The minimum Gasteiger partial charge on any atom is -0.398 e. The molecule has 0 saturated carbocycles. The quantitative estimate of drug-likeness (QED) is 0.840. The SMILES string of the molecule is Cc1cc(C)c(S(=O)(=O)NCCC(C)(C)C)c(C)c1N. The first-order valence-electron chi connectivity index (χ1n) is 6.81. The number of hydrogen-bond donors (Lipinski definition) is 2. The number of nitrogens with two attached hydrogens (primary N) is 1. The Morgan fingerprint density at radius 1 is 1.15 bits per heavy atom. The Balaban J connectivity index is 3.08. The maximum atomic E-state index is 12.5. The van der Waals surface area contributed by atoms with Gasteiger partial charge >= 0.3 is 0 Å². The van der Waals surface area contributed by atoms with E-state index in [4.69, 9.17) is 5.73 Å². The van der Waals surface area contributed by atoms with Gasteiger partial charge in [0.15, 0.2) is 0 Å². The highest BCUT2D eigenvalue weighted by atomic mass is 32.2. The molecule has 1 aromatic rings. The summed E-state index contributed by atoms with van der Waals surface area (Å²) in [6, 6.07) is 1.82. The highest BCUT2D eigenvalue weighted by Gasteiger charge is 2.22. The van der Waals surface area contributed by atoms with E-state index in [1.807, 2.05) is 13.0 Å². The lowest BCUT2D eigenvalue weighted by Gasteiger charge is -2.19. The van der Waals surface area contributed by atoms with Crippen LogP contribution in [0.4, 0.5) is 5.69 Å². The smallest absolute Gasteiger partial charge is 0.241 e. The molecular formula is C15H26N2O2S. The predicted octanol–water partition coefficient (Wildman–Crippen LogP) is 2.91. The van der Waals surface area contributed by atoms with Gasteiger partial charge in [0.05, 0.1) is 4.90 Å². The summed E-state index contributed by atoms with van der Waals surface area (Å²) in [5, 5.41) is 0. The molecule has 0 saturated heterocycles. The average molecular weight is 298 g/mol. The monoisotopic (exact) mass is 298 g/mol. The third-order valence-corrected chi connectivity index (χ3v) is 5.15. The molecule has 0 aromatic heterocycles. The van der Waals surface area contributed by atoms with Crippen LogP contribution in [0.5, 0.6) is 0 Å². The van der Waals surface area contributed by atoms with Gasteiger partial charge in [0.25, 0.3) is 0 Å². The molecule has 0 aliphatic heterocycles. The Labute approximate surface area is 122 Å². The molecule has 0 amide bonds. The summed E-state index contributed by atoms with van der Waals surface area (Å²) in [5.41, 5.74) is 8.87. The number of nitrogen functional groups attached to an aromatic ring is 1. The van der Waals surface area contributed by atoms with Crippen molar-refractivity contribution in [1.82, 2.24) is 4.72 Å². The van der Waals surface area contributed by atoms with Crippen LogP contribution in [-0.2, 0) is 10.0 Å². The Morgan fingerprint density at radius 2 is 1.70 bits per heavy atom. The summed E-state index contributed by atoms with van der Waals surface area (Å²) in [4.78, 5) is 0.314. The summed E-state index contributed by atoms with van der Waals surface area (Å²) < 4.78 is 27.6. The van der Waals surface area contributed by atoms with Crippen molar-refractivity contribution in [3.8, 4) is 0 Å². The average Bonchev–Trinajstić information content (AvgIpc) is 2.23. The van der Waals surface area contributed by atoms with E-state index in [9.17, 15) is 8.42 Å². The highest BCUT2D eigenvalue weighted by molar-refractivity contribution is 7.89. The van der Waals surface area contributed by atoms with Crippen molar-refractivity contribution in [2.75, 3.05) is 12.3 Å². The van der Waals surface area contributed by atoms with Crippen LogP contribution in [0.15, 0.2) is 11.0 Å². The van der Waals surface area contributed by atoms with Crippen LogP contribution in [-0.4, -0.2) is 15.0 Å². The van der Waals surface area contributed by atoms with Crippen LogP contribution < -0.4 is 10.5 Å². The first-order valence-corrected chi connectivity index (χ1v) is 8.30. The minimum atomic E-state index is -3.51. The summed E-state index contributed by atoms with van der Waals surface area (Å²) in [6.07, 6.45) is 0.783. The summed E-state index contributed by atoms with van der Waals surface area (Å²) in [7, 11) is -3.51. The van der Waals surface area contributed by atoms with E-state index < -0.39 is 10.0 Å². The molecule has 0 fully saturated rings. The van der Waals surface area contributed by atoms with Crippen LogP contribution >= 0.6 is 0 Å². The number of rotatable bonds is 4. The zero-order chi connectivity index (χ0) is 15.7. The van der Waals surface area contributed by atoms with Gasteiger partial charge in [0.1, 0.15) is 0 Å². The molecule has 0 radical (unpaired) electrons. The van der Waals surface area contributed by atoms with Crippen molar-refractivity contribution in [1.29, 1.82) is 0 Å². The second kappa shape index (κ2) is 5.74. The normalized spacial score (nSPS) is 12.7. The van der Waals surface area contributed by atoms with Crippen molar-refractivity contribution in [2.45, 2.75) is 52.9 Å². The third-order valence-electron chi connectivity index (χ3n) is 3.40. The summed E-state index contributed by atoms with van der Waals surface area (Å²) in [5.74, 6) is 0. The van der Waals surface area contributed by atoms with Crippen molar-refractivity contribution < 1.29 is 8.42 Å². The zero-order valence-corrected chi connectivity index (χ0v) is 14.1. The molecule has 114 valence electrons. The molecule has 0 spiro atoms. The lowest BCUT2D eigenvalue weighted by molar-refractivity contribution is 0.378. The molecule has 0 aliphatic carbocycles. The maximum Gasteiger partial charge on any atom is 0.241 e. The third kappa shape index (κ3) is 3.96. The molecule has 5 heteroatoms. The van der Waals surface area contributed by atoms with Crippen molar-refractivity contribution in [3.05, 3.63) is 22.8 Å². The van der Waals surface area contributed by atoms with Crippen molar-refractivity contribution in [3.63, 3.8) is 0 Å². The minimum absolute atomic E-state index is 0.0961. The van der Waals surface area contributed by atoms with Gasteiger partial charge in [-0.1, -0.05) is 26.8 Å². The van der Waals surface area contributed by atoms with Crippen LogP contribution in [0, 0.1) is 26.2 Å². The summed E-state index contributed by atoms with van der Waals surface area (Å²) in [6.45, 7) is 12.1. The lowest BCUT2D eigenvalue weighted by atomic mass is 9.93. The fourth-order valence-electron chi connectivity index (χ4n) is 2.23. The van der Waals surface area contributed by atoms with Gasteiger partial charge in [-0.3, -0.25) is 0 Å². The molecular weight excluding hydrogens is 272 g/mol. The number of benzene rings is 1. The van der Waals surface area contributed by atoms with Crippen LogP contribution in [0.3, 0.4) is 0 Å². The zero-order valence-electron chi connectivity index (χ0n) is 13.3. The van der Waals surface area contributed by atoms with E-state index in [1.165, 1.54) is 0 Å². The largest absolute Gasteiger partial charge is 0.398 e. The Morgan fingerprint density at radius 3 is 2.20 bits per heavy atom. The van der Waals surface area contributed by atoms with Gasteiger partial charge in [-0.05, 0) is 49.3 Å². The molecule has 0 unspecified atom stereocenters. The van der Waals surface area contributed by atoms with Gasteiger partial charge in [-0.25, -0.2) is 13.1 Å². The first-order chi connectivity index (χ1) is 8.96. The van der Waals surface area contributed by atoms with Crippen molar-refractivity contribution in [2.24, 2.45) is 5.41 Å². The highest BCUT2D eigenvalue weighted by Crippen LogP contribution is 2.28. The number of aryl methyl sites for hydroxylation is 2. The molecule has 0 atom stereocenters. The van der Waals surface area contributed by atoms with E-state index >= 15 is 0 Å². The topological polar surface area (TPSA) is 72.2 Å². The molecule has 1 rings (SSSR count). The number of nitrogens with one attached hydrogen (secondary N) is 1. The second-order valence-electron chi connectivity index (χ2n) is 6.59. The molecule has 0 aliphatic rings. The van der Waals surface area contributed by atoms with Gasteiger partial charge in [-0.2, -0.15) is 0 Å². The van der Waals surface area contributed by atoms with Gasteiger partial charge in [0.2, 0.25) is 10.0 Å². The molecule has 20 heavy (non-hydrogen) atoms. The number of sulfonamides is 1.